The van der Waals surface area contributed by atoms with Crippen molar-refractivity contribution in [2.24, 2.45) is 7.05 Å². The van der Waals surface area contributed by atoms with Crippen LogP contribution in [0.1, 0.15) is 16.3 Å². The van der Waals surface area contributed by atoms with Gasteiger partial charge in [0, 0.05) is 31.9 Å². The molecule has 0 unspecified atom stereocenters. The summed E-state index contributed by atoms with van der Waals surface area (Å²) in [6.45, 7) is 0.455. The van der Waals surface area contributed by atoms with E-state index in [2.05, 4.69) is 9.97 Å². The van der Waals surface area contributed by atoms with E-state index in [9.17, 15) is 4.79 Å². The lowest BCUT2D eigenvalue weighted by Gasteiger charge is -2.16. The SMILES string of the molecule is CN(Cc1nccn1C)C(=O)c1ccc2ccccc2n1. The molecule has 0 radical (unpaired) electrons. The molecule has 0 aliphatic heterocycles. The molecule has 5 nitrogen and oxygen atoms in total. The molecule has 3 aromatic rings. The number of aromatic nitrogens is 3. The molecular formula is C16H16N4O. The predicted molar refractivity (Wildman–Crippen MR) is 80.7 cm³/mol. The molecule has 0 bridgehead atoms. The van der Waals surface area contributed by atoms with Gasteiger partial charge in [-0.1, -0.05) is 24.3 Å². The number of amides is 1. The molecule has 2 heterocycles. The monoisotopic (exact) mass is 280 g/mol. The number of hydrogen-bond donors (Lipinski definition) is 0. The smallest absolute Gasteiger partial charge is 0.272 e. The van der Waals surface area contributed by atoms with E-state index in [-0.39, 0.29) is 5.91 Å². The summed E-state index contributed by atoms with van der Waals surface area (Å²) in [6, 6.07) is 11.4. The van der Waals surface area contributed by atoms with E-state index in [1.165, 1.54) is 0 Å². The molecule has 5 heteroatoms. The average molecular weight is 280 g/mol. The number of carbonyl (C=O) groups is 1. The summed E-state index contributed by atoms with van der Waals surface area (Å²) in [7, 11) is 3.67. The van der Waals surface area contributed by atoms with Gasteiger partial charge < -0.3 is 9.47 Å². The summed E-state index contributed by atoms with van der Waals surface area (Å²) >= 11 is 0. The lowest BCUT2D eigenvalue weighted by molar-refractivity contribution is 0.0775. The molecule has 0 fully saturated rings. The molecule has 0 spiro atoms. The van der Waals surface area contributed by atoms with E-state index in [1.807, 2.05) is 48.1 Å². The van der Waals surface area contributed by atoms with Crippen LogP contribution < -0.4 is 0 Å². The molecule has 1 aromatic carbocycles. The number of fused-ring (bicyclic) bond motifs is 1. The minimum Gasteiger partial charge on any atom is -0.337 e. The Balaban J connectivity index is 1.84. The lowest BCUT2D eigenvalue weighted by atomic mass is 10.2. The summed E-state index contributed by atoms with van der Waals surface area (Å²) < 4.78 is 1.90. The number of para-hydroxylation sites is 1. The maximum absolute atomic E-state index is 12.5. The van der Waals surface area contributed by atoms with Crippen molar-refractivity contribution in [1.29, 1.82) is 0 Å². The van der Waals surface area contributed by atoms with Crippen LogP contribution in [-0.2, 0) is 13.6 Å². The van der Waals surface area contributed by atoms with Crippen molar-refractivity contribution in [2.45, 2.75) is 6.54 Å². The zero-order valence-electron chi connectivity index (χ0n) is 12.0. The summed E-state index contributed by atoms with van der Waals surface area (Å²) in [5.74, 6) is 0.732. The van der Waals surface area contributed by atoms with Crippen LogP contribution in [-0.4, -0.2) is 32.4 Å². The predicted octanol–water partition coefficient (Wildman–Crippen LogP) is 2.24. The van der Waals surface area contributed by atoms with Gasteiger partial charge in [0.2, 0.25) is 0 Å². The minimum atomic E-state index is -0.108. The van der Waals surface area contributed by atoms with Gasteiger partial charge in [-0.2, -0.15) is 0 Å². The van der Waals surface area contributed by atoms with E-state index in [0.29, 0.717) is 12.2 Å². The Labute approximate surface area is 122 Å². The molecule has 0 N–H and O–H groups in total. The molecule has 21 heavy (non-hydrogen) atoms. The Kier molecular flexibility index (Phi) is 3.39. The molecule has 2 aromatic heterocycles. The highest BCUT2D eigenvalue weighted by atomic mass is 16.2. The number of benzene rings is 1. The van der Waals surface area contributed by atoms with E-state index in [0.717, 1.165) is 16.7 Å². The second-order valence-corrected chi connectivity index (χ2v) is 5.00. The van der Waals surface area contributed by atoms with Crippen molar-refractivity contribution in [2.75, 3.05) is 7.05 Å². The van der Waals surface area contributed by atoms with Crippen LogP contribution >= 0.6 is 0 Å². The second kappa shape index (κ2) is 5.36. The van der Waals surface area contributed by atoms with Crippen molar-refractivity contribution in [3.8, 4) is 0 Å². The largest absolute Gasteiger partial charge is 0.337 e. The van der Waals surface area contributed by atoms with Crippen LogP contribution in [0, 0.1) is 0 Å². The zero-order chi connectivity index (χ0) is 14.8. The molecule has 0 aliphatic carbocycles. The zero-order valence-corrected chi connectivity index (χ0v) is 12.0. The molecular weight excluding hydrogens is 264 g/mol. The van der Waals surface area contributed by atoms with Gasteiger partial charge in [-0.25, -0.2) is 9.97 Å². The van der Waals surface area contributed by atoms with Gasteiger partial charge in [-0.3, -0.25) is 4.79 Å². The lowest BCUT2D eigenvalue weighted by Crippen LogP contribution is -2.28. The van der Waals surface area contributed by atoms with Crippen LogP contribution in [0.3, 0.4) is 0 Å². The molecule has 106 valence electrons. The maximum atomic E-state index is 12.5. The van der Waals surface area contributed by atoms with Crippen LogP contribution in [0.2, 0.25) is 0 Å². The van der Waals surface area contributed by atoms with Crippen molar-refractivity contribution < 1.29 is 4.79 Å². The maximum Gasteiger partial charge on any atom is 0.272 e. The molecule has 3 rings (SSSR count). The normalized spacial score (nSPS) is 10.8. The number of hydrogen-bond acceptors (Lipinski definition) is 3. The van der Waals surface area contributed by atoms with E-state index in [4.69, 9.17) is 0 Å². The first-order valence-electron chi connectivity index (χ1n) is 6.72. The van der Waals surface area contributed by atoms with E-state index >= 15 is 0 Å². The number of rotatable bonds is 3. The van der Waals surface area contributed by atoms with Gasteiger partial charge in [0.1, 0.15) is 11.5 Å². The van der Waals surface area contributed by atoms with E-state index < -0.39 is 0 Å². The summed E-state index contributed by atoms with van der Waals surface area (Å²) in [6.07, 6.45) is 3.59. The Morgan fingerprint density at radius 1 is 1.24 bits per heavy atom. The molecule has 0 saturated heterocycles. The second-order valence-electron chi connectivity index (χ2n) is 5.00. The number of pyridine rings is 1. The fourth-order valence-electron chi connectivity index (χ4n) is 2.21. The van der Waals surface area contributed by atoms with E-state index in [1.54, 1.807) is 24.2 Å². The quantitative estimate of drug-likeness (QED) is 0.739. The van der Waals surface area contributed by atoms with Crippen molar-refractivity contribution in [1.82, 2.24) is 19.4 Å². The minimum absolute atomic E-state index is 0.108. The third-order valence-electron chi connectivity index (χ3n) is 3.46. The first-order valence-corrected chi connectivity index (χ1v) is 6.72. The first-order chi connectivity index (χ1) is 10.1. The fraction of sp³-hybridized carbons (Fsp3) is 0.188. The highest BCUT2D eigenvalue weighted by Gasteiger charge is 2.15. The summed E-state index contributed by atoms with van der Waals surface area (Å²) in [5, 5.41) is 1.03. The number of nitrogens with zero attached hydrogens (tertiary/aromatic N) is 4. The topological polar surface area (TPSA) is 51.0 Å². The standard InChI is InChI=1S/C16H16N4O/c1-19-10-9-17-15(19)11-20(2)16(21)14-8-7-12-5-3-4-6-13(12)18-14/h3-10H,11H2,1-2H3. The Morgan fingerprint density at radius 3 is 2.81 bits per heavy atom. The molecule has 0 atom stereocenters. The summed E-state index contributed by atoms with van der Waals surface area (Å²) in [5.41, 5.74) is 1.28. The van der Waals surface area contributed by atoms with Crippen molar-refractivity contribution in [3.05, 3.63) is 60.3 Å². The van der Waals surface area contributed by atoms with Crippen LogP contribution in [0.25, 0.3) is 10.9 Å². The van der Waals surface area contributed by atoms with Gasteiger partial charge in [-0.15, -0.1) is 0 Å². The van der Waals surface area contributed by atoms with Gasteiger partial charge in [0.05, 0.1) is 12.1 Å². The number of aryl methyl sites for hydroxylation is 1. The highest BCUT2D eigenvalue weighted by Crippen LogP contribution is 2.13. The number of carbonyl (C=O) groups excluding carboxylic acids is 1. The highest BCUT2D eigenvalue weighted by molar-refractivity contribution is 5.94. The van der Waals surface area contributed by atoms with Gasteiger partial charge in [0.25, 0.3) is 5.91 Å². The molecule has 1 amide bonds. The van der Waals surface area contributed by atoms with Gasteiger partial charge in [-0.05, 0) is 12.1 Å². The van der Waals surface area contributed by atoms with Crippen LogP contribution in [0.15, 0.2) is 48.8 Å². The van der Waals surface area contributed by atoms with Crippen molar-refractivity contribution in [3.63, 3.8) is 0 Å². The van der Waals surface area contributed by atoms with Crippen molar-refractivity contribution >= 4 is 16.8 Å². The Bertz CT molecular complexity index is 794. The van der Waals surface area contributed by atoms with Crippen LogP contribution in [0.4, 0.5) is 0 Å². The Hall–Kier alpha value is -2.69. The molecule has 0 saturated carbocycles. The summed E-state index contributed by atoms with van der Waals surface area (Å²) in [4.78, 5) is 22.7. The fourth-order valence-corrected chi connectivity index (χ4v) is 2.21. The Morgan fingerprint density at radius 2 is 2.05 bits per heavy atom. The van der Waals surface area contributed by atoms with Gasteiger partial charge in [0.15, 0.2) is 0 Å². The molecule has 0 aliphatic rings. The average Bonchev–Trinajstić information content (AvgIpc) is 2.91. The third-order valence-corrected chi connectivity index (χ3v) is 3.46. The number of imidazole rings is 1. The first kappa shape index (κ1) is 13.3. The third kappa shape index (κ3) is 2.63. The van der Waals surface area contributed by atoms with Crippen LogP contribution in [0.5, 0.6) is 0 Å². The van der Waals surface area contributed by atoms with Gasteiger partial charge >= 0.3 is 0 Å².